The predicted molar refractivity (Wildman–Crippen MR) is 155 cm³/mol. The van der Waals surface area contributed by atoms with Gasteiger partial charge in [0.15, 0.2) is 0 Å². The van der Waals surface area contributed by atoms with E-state index in [1.165, 1.54) is 19.2 Å². The number of carbonyl (C=O) groups is 1. The van der Waals surface area contributed by atoms with Gasteiger partial charge in [-0.3, -0.25) is 0 Å². The summed E-state index contributed by atoms with van der Waals surface area (Å²) >= 11 is 0. The molecular weight excluding hydrogens is 529 g/mol. The normalized spacial score (nSPS) is 14.0. The molecule has 1 unspecified atom stereocenters. The molecule has 0 saturated carbocycles. The molecule has 4 aromatic rings. The number of ether oxygens (including phenoxy) is 2. The first-order chi connectivity index (χ1) is 19.6. The molecule has 212 valence electrons. The minimum absolute atomic E-state index is 0.358. The molecule has 5 nitrogen and oxygen atoms in total. The van der Waals surface area contributed by atoms with Crippen LogP contribution >= 0.6 is 0 Å². The highest BCUT2D eigenvalue weighted by molar-refractivity contribution is 5.92. The molecule has 0 amide bonds. The first-order valence-corrected chi connectivity index (χ1v) is 13.5. The maximum Gasteiger partial charge on any atom is 0.416 e. The maximum atomic E-state index is 13.0. The standard InChI is InChI=1S/C33H31F3N2O3/c1-5-38(6-2)24-13-15-26-30(19-24)41-29-16-12-23(37-22-10-8-21(9-11-22)33(34,35)36)18-28(29)31(26)25-14-7-20(3)17-27(25)32(39)40-4/h7-19,31,37H,5-6H2,1-4H3. The van der Waals surface area contributed by atoms with Gasteiger partial charge in [-0.15, -0.1) is 0 Å². The Morgan fingerprint density at radius 2 is 1.54 bits per heavy atom. The van der Waals surface area contributed by atoms with E-state index in [1.807, 2.05) is 55.5 Å². The number of hydrogen-bond donors (Lipinski definition) is 1. The van der Waals surface area contributed by atoms with E-state index in [0.29, 0.717) is 28.4 Å². The minimum atomic E-state index is -4.40. The molecule has 1 N–H and O–H groups in total. The molecule has 1 atom stereocenters. The molecule has 8 heteroatoms. The number of rotatable bonds is 7. The largest absolute Gasteiger partial charge is 0.465 e. The fraction of sp³-hybridized carbons (Fsp3) is 0.242. The molecule has 5 rings (SSSR count). The number of nitrogens with one attached hydrogen (secondary N) is 1. The summed E-state index contributed by atoms with van der Waals surface area (Å²) in [4.78, 5) is 15.2. The zero-order valence-electron chi connectivity index (χ0n) is 23.3. The second-order valence-corrected chi connectivity index (χ2v) is 9.96. The van der Waals surface area contributed by atoms with Crippen molar-refractivity contribution in [3.63, 3.8) is 0 Å². The van der Waals surface area contributed by atoms with Crippen LogP contribution in [-0.2, 0) is 10.9 Å². The SMILES string of the molecule is CCN(CC)c1ccc2c(c1)Oc1ccc(Nc3ccc(C(F)(F)F)cc3)cc1C2c1ccc(C)cc1C(=O)OC. The van der Waals surface area contributed by atoms with Gasteiger partial charge in [0.25, 0.3) is 0 Å². The summed E-state index contributed by atoms with van der Waals surface area (Å²) in [5.41, 5.74) is 5.39. The van der Waals surface area contributed by atoms with Crippen LogP contribution < -0.4 is 15.0 Å². The highest BCUT2D eigenvalue weighted by atomic mass is 19.4. The van der Waals surface area contributed by atoms with Gasteiger partial charge in [0, 0.05) is 53.3 Å². The lowest BCUT2D eigenvalue weighted by Crippen LogP contribution is -2.22. The van der Waals surface area contributed by atoms with Crippen molar-refractivity contribution in [1.29, 1.82) is 0 Å². The molecule has 0 saturated heterocycles. The summed E-state index contributed by atoms with van der Waals surface area (Å²) in [7, 11) is 1.36. The number of esters is 1. The van der Waals surface area contributed by atoms with Gasteiger partial charge in [-0.05, 0) is 80.9 Å². The Kier molecular flexibility index (Phi) is 7.67. The van der Waals surface area contributed by atoms with Crippen LogP contribution in [0.25, 0.3) is 0 Å². The lowest BCUT2D eigenvalue weighted by Gasteiger charge is -2.32. The number of alkyl halides is 3. The van der Waals surface area contributed by atoms with Crippen molar-refractivity contribution in [1.82, 2.24) is 0 Å². The van der Waals surface area contributed by atoms with Crippen LogP contribution in [0.3, 0.4) is 0 Å². The zero-order chi connectivity index (χ0) is 29.3. The third-order valence-corrected chi connectivity index (χ3v) is 7.40. The number of nitrogens with zero attached hydrogens (tertiary/aromatic N) is 1. The molecule has 0 spiro atoms. The molecule has 4 aromatic carbocycles. The lowest BCUT2D eigenvalue weighted by atomic mass is 9.80. The van der Waals surface area contributed by atoms with Crippen molar-refractivity contribution >= 4 is 23.0 Å². The number of anilines is 3. The predicted octanol–water partition coefficient (Wildman–Crippen LogP) is 8.68. The van der Waals surface area contributed by atoms with E-state index in [-0.39, 0.29) is 5.92 Å². The summed E-state index contributed by atoms with van der Waals surface area (Å²) in [5.74, 6) is 0.543. The number of benzene rings is 4. The van der Waals surface area contributed by atoms with E-state index in [9.17, 15) is 18.0 Å². The number of aryl methyl sites for hydroxylation is 1. The molecule has 1 aliphatic rings. The monoisotopic (exact) mass is 560 g/mol. The van der Waals surface area contributed by atoms with Gasteiger partial charge in [-0.25, -0.2) is 4.79 Å². The number of fused-ring (bicyclic) bond motifs is 2. The molecule has 0 aliphatic carbocycles. The smallest absolute Gasteiger partial charge is 0.416 e. The van der Waals surface area contributed by atoms with Crippen LogP contribution in [0.4, 0.5) is 30.2 Å². The topological polar surface area (TPSA) is 50.8 Å². The summed E-state index contributed by atoms with van der Waals surface area (Å²) in [6.07, 6.45) is -4.40. The van der Waals surface area contributed by atoms with Crippen LogP contribution in [0.2, 0.25) is 0 Å². The number of carbonyl (C=O) groups excluding carboxylic acids is 1. The third-order valence-electron chi connectivity index (χ3n) is 7.40. The summed E-state index contributed by atoms with van der Waals surface area (Å²) < 4.78 is 50.7. The van der Waals surface area contributed by atoms with Crippen molar-refractivity contribution in [3.05, 3.63) is 112 Å². The summed E-state index contributed by atoms with van der Waals surface area (Å²) in [6, 6.07) is 22.3. The Bertz CT molecular complexity index is 1580. The molecule has 1 aliphatic heterocycles. The van der Waals surface area contributed by atoms with Crippen LogP contribution in [0.5, 0.6) is 11.5 Å². The van der Waals surface area contributed by atoms with Crippen molar-refractivity contribution in [2.24, 2.45) is 0 Å². The zero-order valence-corrected chi connectivity index (χ0v) is 23.3. The van der Waals surface area contributed by atoms with E-state index >= 15 is 0 Å². The van der Waals surface area contributed by atoms with Crippen LogP contribution in [0.1, 0.15) is 57.9 Å². The second kappa shape index (κ2) is 11.2. The van der Waals surface area contributed by atoms with Crippen molar-refractivity contribution in [3.8, 4) is 11.5 Å². The minimum Gasteiger partial charge on any atom is -0.465 e. The van der Waals surface area contributed by atoms with Gasteiger partial charge >= 0.3 is 12.1 Å². The van der Waals surface area contributed by atoms with Gasteiger partial charge in [0.05, 0.1) is 18.2 Å². The molecular formula is C33H31F3N2O3. The lowest BCUT2D eigenvalue weighted by molar-refractivity contribution is -0.137. The van der Waals surface area contributed by atoms with E-state index < -0.39 is 17.7 Å². The van der Waals surface area contributed by atoms with E-state index in [4.69, 9.17) is 9.47 Å². The van der Waals surface area contributed by atoms with Crippen LogP contribution in [0, 0.1) is 6.92 Å². The van der Waals surface area contributed by atoms with Crippen molar-refractivity contribution in [2.75, 3.05) is 30.4 Å². The Morgan fingerprint density at radius 3 is 2.20 bits per heavy atom. The van der Waals surface area contributed by atoms with Gasteiger partial charge in [0.1, 0.15) is 11.5 Å². The quantitative estimate of drug-likeness (QED) is 0.202. The first kappa shape index (κ1) is 28.1. The van der Waals surface area contributed by atoms with Gasteiger partial charge in [-0.1, -0.05) is 23.8 Å². The average molecular weight is 561 g/mol. The highest BCUT2D eigenvalue weighted by Crippen LogP contribution is 2.50. The highest BCUT2D eigenvalue weighted by Gasteiger charge is 2.33. The maximum absolute atomic E-state index is 13.0. The second-order valence-electron chi connectivity index (χ2n) is 9.96. The average Bonchev–Trinajstić information content (AvgIpc) is 2.96. The molecule has 1 heterocycles. The van der Waals surface area contributed by atoms with Crippen molar-refractivity contribution in [2.45, 2.75) is 32.9 Å². The van der Waals surface area contributed by atoms with Gasteiger partial charge < -0.3 is 19.7 Å². The molecule has 0 bridgehead atoms. The van der Waals surface area contributed by atoms with Crippen LogP contribution in [0.15, 0.2) is 78.9 Å². The Labute approximate surface area is 237 Å². The summed E-state index contributed by atoms with van der Waals surface area (Å²) in [6.45, 7) is 7.81. The number of halogens is 3. The fourth-order valence-corrected chi connectivity index (χ4v) is 5.32. The van der Waals surface area contributed by atoms with Crippen LogP contribution in [-0.4, -0.2) is 26.2 Å². The van der Waals surface area contributed by atoms with Crippen molar-refractivity contribution < 1.29 is 27.4 Å². The molecule has 0 aromatic heterocycles. The third kappa shape index (κ3) is 5.59. The summed E-state index contributed by atoms with van der Waals surface area (Å²) in [5, 5.41) is 3.20. The molecule has 0 radical (unpaired) electrons. The van der Waals surface area contributed by atoms with E-state index in [0.717, 1.165) is 53.2 Å². The molecule has 41 heavy (non-hydrogen) atoms. The number of hydrogen-bond acceptors (Lipinski definition) is 5. The van der Waals surface area contributed by atoms with E-state index in [2.05, 4.69) is 30.1 Å². The Hall–Kier alpha value is -4.46. The Morgan fingerprint density at radius 1 is 0.854 bits per heavy atom. The fourth-order valence-electron chi connectivity index (χ4n) is 5.32. The van der Waals surface area contributed by atoms with Gasteiger partial charge in [0.2, 0.25) is 0 Å². The molecule has 0 fully saturated rings. The first-order valence-electron chi connectivity index (χ1n) is 13.5. The van der Waals surface area contributed by atoms with Gasteiger partial charge in [-0.2, -0.15) is 13.2 Å². The van der Waals surface area contributed by atoms with E-state index in [1.54, 1.807) is 0 Å². The Balaban J connectivity index is 1.62. The number of methoxy groups -OCH3 is 1.